The van der Waals surface area contributed by atoms with Gasteiger partial charge in [-0.3, -0.25) is 9.69 Å². The molecule has 0 saturated carbocycles. The molecule has 0 aromatic heterocycles. The molecule has 0 aliphatic carbocycles. The molecule has 90 valence electrons. The number of ether oxygens (including phenoxy) is 1. The average Bonchev–Trinajstić information content (AvgIpc) is 2.17. The molecular formula is C10H21NO4. The van der Waals surface area contributed by atoms with Gasteiger partial charge in [0.1, 0.15) is 0 Å². The summed E-state index contributed by atoms with van der Waals surface area (Å²) in [6.07, 6.45) is -0.717. The summed E-state index contributed by atoms with van der Waals surface area (Å²) in [7, 11) is 0. The smallest absolute Gasteiger partial charge is 0.308 e. The second kappa shape index (κ2) is 8.64. The van der Waals surface area contributed by atoms with Crippen LogP contribution in [0.1, 0.15) is 20.3 Å². The first-order valence-electron chi connectivity index (χ1n) is 5.30. The van der Waals surface area contributed by atoms with E-state index >= 15 is 0 Å². The van der Waals surface area contributed by atoms with Crippen LogP contribution in [0.25, 0.3) is 0 Å². The van der Waals surface area contributed by atoms with Crippen molar-refractivity contribution in [2.24, 2.45) is 0 Å². The molecule has 0 bridgehead atoms. The van der Waals surface area contributed by atoms with Crippen molar-refractivity contribution in [2.45, 2.75) is 26.4 Å². The molecule has 0 aromatic carbocycles. The Kier molecular flexibility index (Phi) is 8.27. The molecule has 1 unspecified atom stereocenters. The molecule has 0 radical (unpaired) electrons. The Morgan fingerprint density at radius 3 is 2.60 bits per heavy atom. The van der Waals surface area contributed by atoms with Gasteiger partial charge in [0.2, 0.25) is 0 Å². The first kappa shape index (κ1) is 14.3. The molecule has 0 saturated heterocycles. The predicted octanol–water partition coefficient (Wildman–Crippen LogP) is -0.385. The van der Waals surface area contributed by atoms with Gasteiger partial charge in [0.25, 0.3) is 0 Å². The summed E-state index contributed by atoms with van der Waals surface area (Å²) in [6.45, 7) is 5.69. The summed E-state index contributed by atoms with van der Waals surface area (Å²) >= 11 is 0. The molecule has 0 aliphatic heterocycles. The highest BCUT2D eigenvalue weighted by Crippen LogP contribution is 1.98. The summed E-state index contributed by atoms with van der Waals surface area (Å²) in [5.41, 5.74) is 0. The fourth-order valence-electron chi connectivity index (χ4n) is 1.29. The second-order valence-electron chi connectivity index (χ2n) is 3.28. The van der Waals surface area contributed by atoms with Crippen LogP contribution in [0.15, 0.2) is 0 Å². The van der Waals surface area contributed by atoms with Crippen molar-refractivity contribution in [1.29, 1.82) is 0 Å². The molecule has 0 fully saturated rings. The minimum absolute atomic E-state index is 0.00969. The molecule has 0 spiro atoms. The number of carbonyl (C=O) groups excluding carboxylic acids is 1. The standard InChI is InChI=1S/C10H21NO4/c1-3-11(5-6-12)8-9(13)7-10(14)15-4-2/h9,12-13H,3-8H2,1-2H3. The Hall–Kier alpha value is -0.650. The maximum Gasteiger partial charge on any atom is 0.308 e. The third kappa shape index (κ3) is 7.30. The SMILES string of the molecule is CCOC(=O)CC(O)CN(CC)CCO. The van der Waals surface area contributed by atoms with E-state index in [0.717, 1.165) is 6.54 Å². The number of carbonyl (C=O) groups is 1. The molecular weight excluding hydrogens is 198 g/mol. The molecule has 0 amide bonds. The van der Waals surface area contributed by atoms with Crippen molar-refractivity contribution in [3.63, 3.8) is 0 Å². The number of nitrogens with zero attached hydrogens (tertiary/aromatic N) is 1. The molecule has 5 heteroatoms. The van der Waals surface area contributed by atoms with E-state index in [-0.39, 0.29) is 19.0 Å². The number of hydrogen-bond donors (Lipinski definition) is 2. The summed E-state index contributed by atoms with van der Waals surface area (Å²) in [5, 5.41) is 18.3. The van der Waals surface area contributed by atoms with Crippen LogP contribution in [0.5, 0.6) is 0 Å². The van der Waals surface area contributed by atoms with E-state index in [9.17, 15) is 9.90 Å². The lowest BCUT2D eigenvalue weighted by Crippen LogP contribution is -2.35. The molecule has 0 heterocycles. The van der Waals surface area contributed by atoms with Crippen LogP contribution in [0, 0.1) is 0 Å². The molecule has 2 N–H and O–H groups in total. The van der Waals surface area contributed by atoms with Gasteiger partial charge in [0, 0.05) is 13.1 Å². The van der Waals surface area contributed by atoms with Gasteiger partial charge in [-0.2, -0.15) is 0 Å². The minimum Gasteiger partial charge on any atom is -0.466 e. The van der Waals surface area contributed by atoms with E-state index in [0.29, 0.717) is 19.7 Å². The van der Waals surface area contributed by atoms with Crippen LogP contribution in [-0.4, -0.2) is 60.0 Å². The average molecular weight is 219 g/mol. The van der Waals surface area contributed by atoms with Crippen molar-refractivity contribution in [3.05, 3.63) is 0 Å². The number of likely N-dealkylation sites (N-methyl/N-ethyl adjacent to an activating group) is 1. The topological polar surface area (TPSA) is 70.0 Å². The lowest BCUT2D eigenvalue weighted by molar-refractivity contribution is -0.145. The predicted molar refractivity (Wildman–Crippen MR) is 56.5 cm³/mol. The van der Waals surface area contributed by atoms with E-state index in [2.05, 4.69) is 0 Å². The van der Waals surface area contributed by atoms with Crippen LogP contribution < -0.4 is 0 Å². The third-order valence-corrected chi connectivity index (χ3v) is 2.04. The maximum absolute atomic E-state index is 11.0. The highest BCUT2D eigenvalue weighted by molar-refractivity contribution is 5.69. The second-order valence-corrected chi connectivity index (χ2v) is 3.28. The highest BCUT2D eigenvalue weighted by atomic mass is 16.5. The van der Waals surface area contributed by atoms with Crippen LogP contribution in [0.3, 0.4) is 0 Å². The Labute approximate surface area is 90.6 Å². The number of esters is 1. The van der Waals surface area contributed by atoms with Crippen molar-refractivity contribution < 1.29 is 19.7 Å². The van der Waals surface area contributed by atoms with Gasteiger partial charge >= 0.3 is 5.97 Å². The van der Waals surface area contributed by atoms with Crippen LogP contribution in [-0.2, 0) is 9.53 Å². The Bertz CT molecular complexity index is 175. The maximum atomic E-state index is 11.0. The molecule has 0 rings (SSSR count). The van der Waals surface area contributed by atoms with E-state index < -0.39 is 6.10 Å². The Morgan fingerprint density at radius 1 is 1.47 bits per heavy atom. The number of aliphatic hydroxyl groups excluding tert-OH is 2. The quantitative estimate of drug-likeness (QED) is 0.544. The zero-order valence-corrected chi connectivity index (χ0v) is 9.48. The first-order valence-corrected chi connectivity index (χ1v) is 5.30. The molecule has 0 aromatic rings. The summed E-state index contributed by atoms with van der Waals surface area (Å²) in [4.78, 5) is 12.9. The lowest BCUT2D eigenvalue weighted by Gasteiger charge is -2.21. The summed E-state index contributed by atoms with van der Waals surface area (Å²) < 4.78 is 4.72. The molecule has 0 aliphatic rings. The van der Waals surface area contributed by atoms with Gasteiger partial charge < -0.3 is 14.9 Å². The van der Waals surface area contributed by atoms with Crippen molar-refractivity contribution in [2.75, 3.05) is 32.8 Å². The fraction of sp³-hybridized carbons (Fsp3) is 0.900. The van der Waals surface area contributed by atoms with Gasteiger partial charge in [-0.1, -0.05) is 6.92 Å². The van der Waals surface area contributed by atoms with Crippen LogP contribution >= 0.6 is 0 Å². The largest absolute Gasteiger partial charge is 0.466 e. The first-order chi connectivity index (χ1) is 7.13. The van der Waals surface area contributed by atoms with Crippen LogP contribution in [0.2, 0.25) is 0 Å². The third-order valence-electron chi connectivity index (χ3n) is 2.04. The van der Waals surface area contributed by atoms with Gasteiger partial charge in [0.05, 0.1) is 25.7 Å². The number of aliphatic hydroxyl groups is 2. The fourth-order valence-corrected chi connectivity index (χ4v) is 1.29. The molecule has 1 atom stereocenters. The Morgan fingerprint density at radius 2 is 2.13 bits per heavy atom. The molecule has 5 nitrogen and oxygen atoms in total. The monoisotopic (exact) mass is 219 g/mol. The van der Waals surface area contributed by atoms with Gasteiger partial charge in [0.15, 0.2) is 0 Å². The number of rotatable bonds is 8. The zero-order valence-electron chi connectivity index (χ0n) is 9.48. The lowest BCUT2D eigenvalue weighted by atomic mass is 10.2. The highest BCUT2D eigenvalue weighted by Gasteiger charge is 2.14. The van der Waals surface area contributed by atoms with Crippen molar-refractivity contribution in [3.8, 4) is 0 Å². The Balaban J connectivity index is 3.79. The van der Waals surface area contributed by atoms with Crippen LogP contribution in [0.4, 0.5) is 0 Å². The molecule has 15 heavy (non-hydrogen) atoms. The van der Waals surface area contributed by atoms with Crippen molar-refractivity contribution >= 4 is 5.97 Å². The van der Waals surface area contributed by atoms with E-state index in [1.54, 1.807) is 6.92 Å². The van der Waals surface area contributed by atoms with E-state index in [1.807, 2.05) is 11.8 Å². The van der Waals surface area contributed by atoms with E-state index in [4.69, 9.17) is 9.84 Å². The van der Waals surface area contributed by atoms with Gasteiger partial charge in [-0.25, -0.2) is 0 Å². The van der Waals surface area contributed by atoms with E-state index in [1.165, 1.54) is 0 Å². The number of hydrogen-bond acceptors (Lipinski definition) is 5. The minimum atomic E-state index is -0.726. The summed E-state index contributed by atoms with van der Waals surface area (Å²) in [5.74, 6) is -0.384. The zero-order chi connectivity index (χ0) is 11.7. The summed E-state index contributed by atoms with van der Waals surface area (Å²) in [6, 6.07) is 0. The van der Waals surface area contributed by atoms with Crippen molar-refractivity contribution in [1.82, 2.24) is 4.90 Å². The van der Waals surface area contributed by atoms with Gasteiger partial charge in [-0.15, -0.1) is 0 Å². The van der Waals surface area contributed by atoms with Gasteiger partial charge in [-0.05, 0) is 13.5 Å². The normalized spacial score (nSPS) is 12.9.